The largest absolute Gasteiger partial charge is 0.494 e. The third kappa shape index (κ3) is 2.33. The van der Waals surface area contributed by atoms with Crippen LogP contribution in [0.25, 0.3) is 5.69 Å². The van der Waals surface area contributed by atoms with Gasteiger partial charge in [0.15, 0.2) is 5.82 Å². The Balaban J connectivity index is 2.42. The molecule has 6 heteroatoms. The van der Waals surface area contributed by atoms with Gasteiger partial charge in [0, 0.05) is 0 Å². The van der Waals surface area contributed by atoms with Gasteiger partial charge in [0.25, 0.3) is 0 Å². The number of hydrogen-bond donors (Lipinski definition) is 1. The molecule has 0 aliphatic heterocycles. The smallest absolute Gasteiger partial charge is 0.173 e. The maximum absolute atomic E-state index is 5.33. The van der Waals surface area contributed by atoms with E-state index >= 15 is 0 Å². The topological polar surface area (TPSA) is 64.9 Å². The van der Waals surface area contributed by atoms with Crippen LogP contribution in [0.2, 0.25) is 0 Å². The van der Waals surface area contributed by atoms with Crippen LogP contribution in [0.15, 0.2) is 24.3 Å². The van der Waals surface area contributed by atoms with Gasteiger partial charge in [-0.05, 0) is 36.0 Å². The molecule has 1 N–H and O–H groups in total. The quantitative estimate of drug-likeness (QED) is 0.863. The number of tetrazole rings is 1. The van der Waals surface area contributed by atoms with Crippen molar-refractivity contribution in [2.75, 3.05) is 13.7 Å². The summed E-state index contributed by atoms with van der Waals surface area (Å²) in [6.07, 6.45) is 0. The molecule has 0 saturated heterocycles. The zero-order valence-corrected chi connectivity index (χ0v) is 10.8. The standard InChI is InChI=1S/C12H17N5O/c1-4-13-9(2)12-14-15-16-17(12)10-7-5-6-8-11(10)18-3/h5-9,13H,4H2,1-3H3. The van der Waals surface area contributed by atoms with E-state index in [1.54, 1.807) is 11.8 Å². The molecule has 0 saturated carbocycles. The van der Waals surface area contributed by atoms with Gasteiger partial charge in [-0.1, -0.05) is 19.1 Å². The Labute approximate surface area is 106 Å². The zero-order valence-electron chi connectivity index (χ0n) is 10.8. The lowest BCUT2D eigenvalue weighted by Gasteiger charge is -2.13. The monoisotopic (exact) mass is 247 g/mol. The van der Waals surface area contributed by atoms with Crippen LogP contribution in [0.4, 0.5) is 0 Å². The second-order valence-electron chi connectivity index (χ2n) is 3.90. The third-order valence-corrected chi connectivity index (χ3v) is 2.70. The Hall–Kier alpha value is -1.95. The van der Waals surface area contributed by atoms with Crippen LogP contribution in [-0.4, -0.2) is 33.9 Å². The highest BCUT2D eigenvalue weighted by Gasteiger charge is 2.16. The second-order valence-corrected chi connectivity index (χ2v) is 3.90. The molecule has 2 aromatic rings. The van der Waals surface area contributed by atoms with E-state index in [0.717, 1.165) is 23.8 Å². The lowest BCUT2D eigenvalue weighted by atomic mass is 10.2. The third-order valence-electron chi connectivity index (χ3n) is 2.70. The second kappa shape index (κ2) is 5.59. The molecule has 1 atom stereocenters. The molecule has 0 aliphatic rings. The van der Waals surface area contributed by atoms with E-state index in [-0.39, 0.29) is 6.04 Å². The number of rotatable bonds is 5. The minimum absolute atomic E-state index is 0.0786. The molecule has 1 unspecified atom stereocenters. The van der Waals surface area contributed by atoms with Gasteiger partial charge in [0.1, 0.15) is 11.4 Å². The Bertz CT molecular complexity index is 511. The Morgan fingerprint density at radius 3 is 2.89 bits per heavy atom. The fourth-order valence-electron chi connectivity index (χ4n) is 1.84. The molecule has 0 aliphatic carbocycles. The first-order valence-corrected chi connectivity index (χ1v) is 5.93. The van der Waals surface area contributed by atoms with Crippen LogP contribution in [-0.2, 0) is 0 Å². The van der Waals surface area contributed by atoms with Crippen LogP contribution in [0.1, 0.15) is 25.7 Å². The molecule has 0 spiro atoms. The lowest BCUT2D eigenvalue weighted by molar-refractivity contribution is 0.410. The maximum Gasteiger partial charge on any atom is 0.173 e. The van der Waals surface area contributed by atoms with Crippen molar-refractivity contribution in [3.63, 3.8) is 0 Å². The van der Waals surface area contributed by atoms with Crippen molar-refractivity contribution in [2.45, 2.75) is 19.9 Å². The fourth-order valence-corrected chi connectivity index (χ4v) is 1.84. The van der Waals surface area contributed by atoms with Crippen molar-refractivity contribution in [1.29, 1.82) is 0 Å². The average Bonchev–Trinajstić information content (AvgIpc) is 2.88. The molecular weight excluding hydrogens is 230 g/mol. The van der Waals surface area contributed by atoms with E-state index in [0.29, 0.717) is 0 Å². The molecule has 1 aromatic carbocycles. The number of ether oxygens (including phenoxy) is 1. The SMILES string of the molecule is CCNC(C)c1nnnn1-c1ccccc1OC. The molecular formula is C12H17N5O. The predicted octanol–water partition coefficient (Wildman–Crippen LogP) is 1.34. The van der Waals surface area contributed by atoms with Gasteiger partial charge in [0.2, 0.25) is 0 Å². The first-order valence-electron chi connectivity index (χ1n) is 5.93. The molecule has 2 rings (SSSR count). The van der Waals surface area contributed by atoms with Gasteiger partial charge in [0.05, 0.1) is 13.2 Å². The fraction of sp³-hybridized carbons (Fsp3) is 0.417. The minimum atomic E-state index is 0.0786. The van der Waals surface area contributed by atoms with Crippen molar-refractivity contribution >= 4 is 0 Å². The molecule has 0 bridgehead atoms. The maximum atomic E-state index is 5.33. The first kappa shape index (κ1) is 12.5. The highest BCUT2D eigenvalue weighted by molar-refractivity contribution is 5.46. The normalized spacial score (nSPS) is 12.4. The summed E-state index contributed by atoms with van der Waals surface area (Å²) < 4.78 is 7.03. The molecule has 0 fully saturated rings. The summed E-state index contributed by atoms with van der Waals surface area (Å²) in [4.78, 5) is 0. The Kier molecular flexibility index (Phi) is 3.88. The van der Waals surface area contributed by atoms with Gasteiger partial charge < -0.3 is 10.1 Å². The number of aromatic nitrogens is 4. The predicted molar refractivity (Wildman–Crippen MR) is 67.8 cm³/mol. The Morgan fingerprint density at radius 2 is 2.17 bits per heavy atom. The van der Waals surface area contributed by atoms with E-state index < -0.39 is 0 Å². The van der Waals surface area contributed by atoms with Crippen molar-refractivity contribution in [3.8, 4) is 11.4 Å². The van der Waals surface area contributed by atoms with E-state index in [4.69, 9.17) is 4.74 Å². The summed E-state index contributed by atoms with van der Waals surface area (Å²) in [6.45, 7) is 4.94. The van der Waals surface area contributed by atoms with Crippen LogP contribution in [0, 0.1) is 0 Å². The molecule has 1 aromatic heterocycles. The summed E-state index contributed by atoms with van der Waals surface area (Å²) in [6, 6.07) is 7.74. The van der Waals surface area contributed by atoms with E-state index in [1.807, 2.05) is 38.1 Å². The van der Waals surface area contributed by atoms with E-state index in [9.17, 15) is 0 Å². The zero-order chi connectivity index (χ0) is 13.0. The van der Waals surface area contributed by atoms with Gasteiger partial charge in [-0.15, -0.1) is 5.10 Å². The minimum Gasteiger partial charge on any atom is -0.494 e. The summed E-state index contributed by atoms with van der Waals surface area (Å²) in [5.74, 6) is 1.51. The summed E-state index contributed by atoms with van der Waals surface area (Å²) in [7, 11) is 1.64. The highest BCUT2D eigenvalue weighted by atomic mass is 16.5. The number of para-hydroxylation sites is 2. The van der Waals surface area contributed by atoms with Crippen LogP contribution in [0.3, 0.4) is 0 Å². The molecule has 6 nitrogen and oxygen atoms in total. The number of methoxy groups -OCH3 is 1. The lowest BCUT2D eigenvalue weighted by Crippen LogP contribution is -2.21. The summed E-state index contributed by atoms with van der Waals surface area (Å²) in [5, 5.41) is 15.1. The van der Waals surface area contributed by atoms with Gasteiger partial charge in [-0.3, -0.25) is 0 Å². The summed E-state index contributed by atoms with van der Waals surface area (Å²) >= 11 is 0. The molecule has 0 radical (unpaired) electrons. The van der Waals surface area contributed by atoms with Crippen LogP contribution < -0.4 is 10.1 Å². The van der Waals surface area contributed by atoms with Crippen LogP contribution in [0.5, 0.6) is 5.75 Å². The van der Waals surface area contributed by atoms with E-state index in [2.05, 4.69) is 20.8 Å². The van der Waals surface area contributed by atoms with Crippen molar-refractivity contribution in [3.05, 3.63) is 30.1 Å². The Morgan fingerprint density at radius 1 is 1.39 bits per heavy atom. The van der Waals surface area contributed by atoms with E-state index in [1.165, 1.54) is 0 Å². The van der Waals surface area contributed by atoms with Crippen molar-refractivity contribution < 1.29 is 4.74 Å². The number of nitrogens with one attached hydrogen (secondary N) is 1. The van der Waals surface area contributed by atoms with Crippen LogP contribution >= 0.6 is 0 Å². The first-order chi connectivity index (χ1) is 8.77. The number of benzene rings is 1. The molecule has 1 heterocycles. The highest BCUT2D eigenvalue weighted by Crippen LogP contribution is 2.23. The molecule has 18 heavy (non-hydrogen) atoms. The van der Waals surface area contributed by atoms with Crippen molar-refractivity contribution in [2.24, 2.45) is 0 Å². The number of hydrogen-bond acceptors (Lipinski definition) is 5. The number of nitrogens with zero attached hydrogens (tertiary/aromatic N) is 4. The van der Waals surface area contributed by atoms with Gasteiger partial charge in [-0.2, -0.15) is 4.68 Å². The average molecular weight is 247 g/mol. The molecule has 96 valence electrons. The molecule has 0 amide bonds. The van der Waals surface area contributed by atoms with Gasteiger partial charge in [-0.25, -0.2) is 0 Å². The summed E-state index contributed by atoms with van der Waals surface area (Å²) in [5.41, 5.74) is 0.838. The van der Waals surface area contributed by atoms with Gasteiger partial charge >= 0.3 is 0 Å². The van der Waals surface area contributed by atoms with Crippen molar-refractivity contribution in [1.82, 2.24) is 25.5 Å².